The zero-order valence-electron chi connectivity index (χ0n) is 7.89. The summed E-state index contributed by atoms with van der Waals surface area (Å²) in [6.07, 6.45) is 5.06. The summed E-state index contributed by atoms with van der Waals surface area (Å²) in [6, 6.07) is 1.79. The highest BCUT2D eigenvalue weighted by Crippen LogP contribution is 1.96. The van der Waals surface area contributed by atoms with E-state index in [4.69, 9.17) is 12.2 Å². The van der Waals surface area contributed by atoms with Crippen molar-refractivity contribution in [3.8, 4) is 0 Å². The Kier molecular flexibility index (Phi) is 4.48. The van der Waals surface area contributed by atoms with Crippen LogP contribution < -0.4 is 5.43 Å². The van der Waals surface area contributed by atoms with Crippen LogP contribution in [0.15, 0.2) is 23.7 Å². The maximum atomic E-state index is 4.94. The first kappa shape index (κ1) is 11.1. The molecule has 0 saturated carbocycles. The van der Waals surface area contributed by atoms with Gasteiger partial charge < -0.3 is 0 Å². The Morgan fingerprint density at radius 3 is 3.00 bits per heavy atom. The van der Waals surface area contributed by atoms with Gasteiger partial charge in [0.15, 0.2) is 4.32 Å². The number of hydrogen-bond donors (Lipinski definition) is 1. The Balaban J connectivity index is 2.66. The van der Waals surface area contributed by atoms with Crippen LogP contribution in [0.1, 0.15) is 12.6 Å². The second kappa shape index (κ2) is 5.66. The van der Waals surface area contributed by atoms with Crippen molar-refractivity contribution in [1.82, 2.24) is 15.4 Å². The standard InChI is InChI=1S/C8H10N4S2/c1-6(11-12-8(13)14-2)7-3-4-9-5-10-7/h3-5H,1-2H3,(H,12,13)/b11-6-. The van der Waals surface area contributed by atoms with Crippen molar-refractivity contribution >= 4 is 34.0 Å². The minimum atomic E-state index is 0.637. The predicted octanol–water partition coefficient (Wildman–Crippen LogP) is 1.44. The highest BCUT2D eigenvalue weighted by atomic mass is 32.2. The molecular formula is C8H10N4S2. The fourth-order valence-corrected chi connectivity index (χ4v) is 0.920. The van der Waals surface area contributed by atoms with Gasteiger partial charge in [-0.3, -0.25) is 5.43 Å². The van der Waals surface area contributed by atoms with Crippen LogP contribution in [0.4, 0.5) is 0 Å². The fraction of sp³-hybridized carbons (Fsp3) is 0.250. The third-order valence-corrected chi connectivity index (χ3v) is 2.51. The van der Waals surface area contributed by atoms with Crippen molar-refractivity contribution in [2.24, 2.45) is 5.10 Å². The van der Waals surface area contributed by atoms with Gasteiger partial charge in [0, 0.05) is 6.20 Å². The SMILES string of the molecule is CSC(=S)N/N=C(/C)c1ccncn1. The lowest BCUT2D eigenvalue weighted by Crippen LogP contribution is -2.13. The smallest absolute Gasteiger partial charge is 0.153 e. The maximum absolute atomic E-state index is 4.94. The molecule has 14 heavy (non-hydrogen) atoms. The molecule has 1 heterocycles. The molecule has 1 aromatic heterocycles. The monoisotopic (exact) mass is 226 g/mol. The number of thiocarbonyl (C=S) groups is 1. The number of hydrogen-bond acceptors (Lipinski definition) is 5. The van der Waals surface area contributed by atoms with Gasteiger partial charge >= 0.3 is 0 Å². The van der Waals surface area contributed by atoms with Gasteiger partial charge in [-0.15, -0.1) is 0 Å². The van der Waals surface area contributed by atoms with Gasteiger partial charge in [-0.2, -0.15) is 5.10 Å². The van der Waals surface area contributed by atoms with E-state index in [9.17, 15) is 0 Å². The van der Waals surface area contributed by atoms with Gasteiger partial charge in [0.25, 0.3) is 0 Å². The van der Waals surface area contributed by atoms with Gasteiger partial charge in [-0.05, 0) is 19.2 Å². The predicted molar refractivity (Wildman–Crippen MR) is 63.5 cm³/mol. The highest BCUT2D eigenvalue weighted by Gasteiger charge is 1.97. The van der Waals surface area contributed by atoms with Crippen LogP contribution in [-0.4, -0.2) is 26.3 Å². The van der Waals surface area contributed by atoms with Gasteiger partial charge in [0.1, 0.15) is 6.33 Å². The maximum Gasteiger partial charge on any atom is 0.153 e. The average molecular weight is 226 g/mol. The van der Waals surface area contributed by atoms with E-state index in [2.05, 4.69) is 20.5 Å². The number of nitrogens with one attached hydrogen (secondary N) is 1. The molecule has 1 rings (SSSR count). The van der Waals surface area contributed by atoms with E-state index in [0.717, 1.165) is 11.4 Å². The van der Waals surface area contributed by atoms with Crippen LogP contribution in [0.2, 0.25) is 0 Å². The molecule has 0 fully saturated rings. The Hall–Kier alpha value is -1.01. The Morgan fingerprint density at radius 2 is 2.43 bits per heavy atom. The van der Waals surface area contributed by atoms with Crippen LogP contribution in [0.3, 0.4) is 0 Å². The number of rotatable bonds is 2. The van der Waals surface area contributed by atoms with E-state index < -0.39 is 0 Å². The van der Waals surface area contributed by atoms with Crippen molar-refractivity contribution in [2.45, 2.75) is 6.92 Å². The highest BCUT2D eigenvalue weighted by molar-refractivity contribution is 8.22. The van der Waals surface area contributed by atoms with E-state index in [1.54, 1.807) is 12.3 Å². The summed E-state index contributed by atoms with van der Waals surface area (Å²) >= 11 is 6.38. The number of hydrazone groups is 1. The van der Waals surface area contributed by atoms with Gasteiger partial charge in [-0.25, -0.2) is 9.97 Å². The first-order chi connectivity index (χ1) is 6.74. The lowest BCUT2D eigenvalue weighted by Gasteiger charge is -2.00. The number of nitrogens with zero attached hydrogens (tertiary/aromatic N) is 3. The van der Waals surface area contributed by atoms with E-state index >= 15 is 0 Å². The van der Waals surface area contributed by atoms with Crippen LogP contribution in [0.25, 0.3) is 0 Å². The topological polar surface area (TPSA) is 50.2 Å². The summed E-state index contributed by atoms with van der Waals surface area (Å²) < 4.78 is 0.637. The van der Waals surface area contributed by atoms with Crippen molar-refractivity contribution in [3.05, 3.63) is 24.3 Å². The van der Waals surface area contributed by atoms with Crippen molar-refractivity contribution in [1.29, 1.82) is 0 Å². The molecule has 4 nitrogen and oxygen atoms in total. The molecule has 0 aliphatic carbocycles. The van der Waals surface area contributed by atoms with Crippen LogP contribution >= 0.6 is 24.0 Å². The zero-order chi connectivity index (χ0) is 10.4. The molecule has 74 valence electrons. The summed E-state index contributed by atoms with van der Waals surface area (Å²) in [4.78, 5) is 7.87. The summed E-state index contributed by atoms with van der Waals surface area (Å²) in [5.41, 5.74) is 4.32. The molecular weight excluding hydrogens is 216 g/mol. The van der Waals surface area contributed by atoms with Gasteiger partial charge in [0.2, 0.25) is 0 Å². The van der Waals surface area contributed by atoms with Gasteiger partial charge in [0.05, 0.1) is 11.4 Å². The summed E-state index contributed by atoms with van der Waals surface area (Å²) in [6.45, 7) is 1.86. The molecule has 1 aromatic rings. The number of aromatic nitrogens is 2. The van der Waals surface area contributed by atoms with Crippen LogP contribution in [0, 0.1) is 0 Å². The third-order valence-electron chi connectivity index (χ3n) is 1.45. The van der Waals surface area contributed by atoms with Crippen molar-refractivity contribution < 1.29 is 0 Å². The van der Waals surface area contributed by atoms with E-state index in [1.807, 2.05) is 13.2 Å². The molecule has 0 atom stereocenters. The zero-order valence-corrected chi connectivity index (χ0v) is 9.52. The Bertz CT molecular complexity index is 336. The summed E-state index contributed by atoms with van der Waals surface area (Å²) in [7, 11) is 0. The molecule has 1 N–H and O–H groups in total. The molecule has 0 spiro atoms. The van der Waals surface area contributed by atoms with Gasteiger partial charge in [-0.1, -0.05) is 24.0 Å². The van der Waals surface area contributed by atoms with E-state index in [-0.39, 0.29) is 0 Å². The minimum Gasteiger partial charge on any atom is -0.262 e. The molecule has 0 bridgehead atoms. The second-order valence-electron chi connectivity index (χ2n) is 2.40. The summed E-state index contributed by atoms with van der Waals surface area (Å²) in [5.74, 6) is 0. The third kappa shape index (κ3) is 3.39. The molecule has 0 aromatic carbocycles. The molecule has 0 aliphatic rings. The van der Waals surface area contributed by atoms with Crippen molar-refractivity contribution in [3.63, 3.8) is 0 Å². The van der Waals surface area contributed by atoms with E-state index in [0.29, 0.717) is 4.32 Å². The Labute approximate surface area is 92.2 Å². The first-order valence-electron chi connectivity index (χ1n) is 3.88. The first-order valence-corrected chi connectivity index (χ1v) is 5.52. The van der Waals surface area contributed by atoms with E-state index in [1.165, 1.54) is 18.1 Å². The molecule has 0 amide bonds. The molecule has 6 heteroatoms. The number of thioether (sulfide) groups is 1. The molecule has 0 radical (unpaired) electrons. The molecule has 0 saturated heterocycles. The molecule has 0 aliphatic heterocycles. The second-order valence-corrected chi connectivity index (χ2v) is 3.88. The lowest BCUT2D eigenvalue weighted by atomic mass is 10.3. The largest absolute Gasteiger partial charge is 0.262 e. The average Bonchev–Trinajstić information content (AvgIpc) is 2.26. The molecule has 0 unspecified atom stereocenters. The normalized spacial score (nSPS) is 11.1. The quantitative estimate of drug-likeness (QED) is 0.470. The summed E-state index contributed by atoms with van der Waals surface area (Å²) in [5, 5.41) is 4.08. The fourth-order valence-electron chi connectivity index (χ4n) is 0.737. The van der Waals surface area contributed by atoms with Crippen LogP contribution in [0.5, 0.6) is 0 Å². The lowest BCUT2D eigenvalue weighted by molar-refractivity contribution is 1.05. The minimum absolute atomic E-state index is 0.637. The van der Waals surface area contributed by atoms with Crippen LogP contribution in [-0.2, 0) is 0 Å². The Morgan fingerprint density at radius 1 is 1.64 bits per heavy atom. The van der Waals surface area contributed by atoms with Crippen molar-refractivity contribution in [2.75, 3.05) is 6.26 Å².